The van der Waals surface area contributed by atoms with Gasteiger partial charge in [0.25, 0.3) is 5.91 Å². The summed E-state index contributed by atoms with van der Waals surface area (Å²) < 4.78 is 5.33. The number of ether oxygens (including phenoxy) is 1. The molecule has 0 saturated carbocycles. The minimum absolute atomic E-state index is 0.157. The van der Waals surface area contributed by atoms with Crippen molar-refractivity contribution in [2.45, 2.75) is 13.0 Å². The Hall–Kier alpha value is -2.08. The molecule has 3 rings (SSSR count). The summed E-state index contributed by atoms with van der Waals surface area (Å²) in [4.78, 5) is 15.9. The number of methoxy groups -OCH3 is 1. The van der Waals surface area contributed by atoms with Crippen LogP contribution in [-0.4, -0.2) is 52.8 Å². The highest BCUT2D eigenvalue weighted by Gasteiger charge is 2.30. The van der Waals surface area contributed by atoms with Crippen LogP contribution in [0.3, 0.4) is 0 Å². The van der Waals surface area contributed by atoms with Crippen LogP contribution in [0.5, 0.6) is 5.75 Å². The van der Waals surface area contributed by atoms with Crippen molar-refractivity contribution in [2.24, 2.45) is 0 Å². The maximum atomic E-state index is 12.8. The third-order valence-corrected chi connectivity index (χ3v) is 5.83. The van der Waals surface area contributed by atoms with Crippen molar-refractivity contribution in [3.63, 3.8) is 0 Å². The second-order valence-corrected chi connectivity index (χ2v) is 8.07. The van der Waals surface area contributed by atoms with E-state index in [9.17, 15) is 4.79 Å². The lowest BCUT2D eigenvalue weighted by atomic mass is 10.0. The number of amides is 1. The van der Waals surface area contributed by atoms with Crippen molar-refractivity contribution in [2.75, 3.05) is 46.9 Å². The van der Waals surface area contributed by atoms with Gasteiger partial charge in [0.2, 0.25) is 0 Å². The van der Waals surface area contributed by atoms with Gasteiger partial charge in [-0.25, -0.2) is 0 Å². The van der Waals surface area contributed by atoms with Crippen LogP contribution in [0.15, 0.2) is 42.5 Å². The molecule has 6 heteroatoms. The van der Waals surface area contributed by atoms with Crippen LogP contribution in [-0.2, 0) is 0 Å². The summed E-state index contributed by atoms with van der Waals surface area (Å²) in [6.07, 6.45) is 0. The molecule has 0 aromatic heterocycles. The number of hydrogen-bond donors (Lipinski definition) is 3. The molecule has 1 fully saturated rings. The summed E-state index contributed by atoms with van der Waals surface area (Å²) >= 11 is 6.08. The van der Waals surface area contributed by atoms with Gasteiger partial charge in [-0.1, -0.05) is 41.4 Å². The van der Waals surface area contributed by atoms with Gasteiger partial charge in [0.1, 0.15) is 38.0 Å². The predicted octanol–water partition coefficient (Wildman–Crippen LogP) is 0.541. The lowest BCUT2D eigenvalue weighted by molar-refractivity contribution is -1.02. The van der Waals surface area contributed by atoms with Crippen molar-refractivity contribution in [1.82, 2.24) is 5.32 Å². The standard InChI is InChI=1S/C22H28ClN3O2/c1-16-4-6-17(7-5-16)20(26-12-10-25(2)11-13-26)15-24-22(27)19-14-18(23)8-9-21(19)28-3/h4-9,14,20H,10-13,15H2,1-3H3,(H,24,27)/p+2/t20-/m1/s1. The average Bonchev–Trinajstić information content (AvgIpc) is 2.70. The van der Waals surface area contributed by atoms with Crippen LogP contribution in [0, 0.1) is 6.92 Å². The quantitative estimate of drug-likeness (QED) is 0.659. The molecule has 28 heavy (non-hydrogen) atoms. The summed E-state index contributed by atoms with van der Waals surface area (Å²) in [5.74, 6) is 0.375. The van der Waals surface area contributed by atoms with Gasteiger partial charge in [0.15, 0.2) is 0 Å². The van der Waals surface area contributed by atoms with E-state index in [1.54, 1.807) is 30.2 Å². The molecule has 0 aliphatic carbocycles. The number of hydrogen-bond acceptors (Lipinski definition) is 2. The number of piperazine rings is 1. The second kappa shape index (κ2) is 9.41. The highest BCUT2D eigenvalue weighted by atomic mass is 35.5. The van der Waals surface area contributed by atoms with Crippen molar-refractivity contribution in [3.8, 4) is 5.75 Å². The number of carbonyl (C=O) groups excluding carboxylic acids is 1. The fraction of sp³-hybridized carbons (Fsp3) is 0.409. The van der Waals surface area contributed by atoms with Crippen molar-refractivity contribution in [3.05, 3.63) is 64.2 Å². The van der Waals surface area contributed by atoms with E-state index < -0.39 is 0 Å². The predicted molar refractivity (Wildman–Crippen MR) is 112 cm³/mol. The van der Waals surface area contributed by atoms with Crippen LogP contribution < -0.4 is 19.9 Å². The van der Waals surface area contributed by atoms with Crippen molar-refractivity contribution >= 4 is 17.5 Å². The van der Waals surface area contributed by atoms with Gasteiger partial charge in [-0.3, -0.25) is 4.79 Å². The van der Waals surface area contributed by atoms with Crippen LogP contribution in [0.2, 0.25) is 5.02 Å². The molecule has 0 radical (unpaired) electrons. The topological polar surface area (TPSA) is 47.2 Å². The number of halogens is 1. The first-order valence-electron chi connectivity index (χ1n) is 9.82. The molecule has 0 spiro atoms. The van der Waals surface area contributed by atoms with E-state index in [4.69, 9.17) is 16.3 Å². The Labute approximate surface area is 172 Å². The molecule has 1 atom stereocenters. The largest absolute Gasteiger partial charge is 0.496 e. The average molecular weight is 404 g/mol. The fourth-order valence-electron chi connectivity index (χ4n) is 3.79. The first-order valence-corrected chi connectivity index (χ1v) is 10.2. The van der Waals surface area contributed by atoms with Gasteiger partial charge in [0.05, 0.1) is 26.3 Å². The molecule has 1 heterocycles. The summed E-state index contributed by atoms with van der Waals surface area (Å²) in [5, 5.41) is 3.64. The number of quaternary nitrogens is 2. The Morgan fingerprint density at radius 1 is 1.14 bits per heavy atom. The Bertz CT molecular complexity index is 802. The lowest BCUT2D eigenvalue weighted by Crippen LogP contribution is -3.27. The minimum Gasteiger partial charge on any atom is -0.496 e. The maximum Gasteiger partial charge on any atom is 0.255 e. The van der Waals surface area contributed by atoms with Crippen molar-refractivity contribution in [1.29, 1.82) is 0 Å². The van der Waals surface area contributed by atoms with Gasteiger partial charge in [-0.15, -0.1) is 0 Å². The normalized spacial score (nSPS) is 20.4. The van der Waals surface area contributed by atoms with Gasteiger partial charge in [0, 0.05) is 10.6 Å². The van der Waals surface area contributed by atoms with Crippen molar-refractivity contribution < 1.29 is 19.3 Å². The lowest BCUT2D eigenvalue weighted by Gasteiger charge is -2.33. The summed E-state index contributed by atoms with van der Waals surface area (Å²) in [6, 6.07) is 14.0. The molecule has 150 valence electrons. The van der Waals surface area contributed by atoms with E-state index in [1.165, 1.54) is 16.0 Å². The fourth-order valence-corrected chi connectivity index (χ4v) is 3.96. The Kier molecular flexibility index (Phi) is 6.94. The summed E-state index contributed by atoms with van der Waals surface area (Å²) in [6.45, 7) is 7.16. The van der Waals surface area contributed by atoms with E-state index in [0.29, 0.717) is 22.9 Å². The highest BCUT2D eigenvalue weighted by Crippen LogP contribution is 2.22. The molecule has 1 saturated heterocycles. The SMILES string of the molecule is COc1ccc(Cl)cc1C(=O)NC[C@H](c1ccc(C)cc1)[NH+]1CC[NH+](C)CC1. The van der Waals surface area contributed by atoms with E-state index in [1.807, 2.05) is 0 Å². The highest BCUT2D eigenvalue weighted by molar-refractivity contribution is 6.31. The van der Waals surface area contributed by atoms with Gasteiger partial charge < -0.3 is 19.9 Å². The third kappa shape index (κ3) is 5.04. The Morgan fingerprint density at radius 3 is 2.46 bits per heavy atom. The zero-order valence-corrected chi connectivity index (χ0v) is 17.6. The zero-order chi connectivity index (χ0) is 20.1. The number of aryl methyl sites for hydroxylation is 1. The monoisotopic (exact) mass is 403 g/mol. The smallest absolute Gasteiger partial charge is 0.255 e. The number of nitrogens with one attached hydrogen (secondary N) is 3. The number of carbonyl (C=O) groups is 1. The third-order valence-electron chi connectivity index (χ3n) is 5.59. The number of benzene rings is 2. The molecule has 0 bridgehead atoms. The van der Waals surface area contributed by atoms with Crippen LogP contribution in [0.1, 0.15) is 27.5 Å². The molecule has 5 nitrogen and oxygen atoms in total. The first-order chi connectivity index (χ1) is 13.5. The Morgan fingerprint density at radius 2 is 1.82 bits per heavy atom. The van der Waals surface area contributed by atoms with Gasteiger partial charge in [-0.2, -0.15) is 0 Å². The number of likely N-dealkylation sites (N-methyl/N-ethyl adjacent to an activating group) is 1. The molecule has 2 aromatic rings. The van der Waals surface area contributed by atoms with Crippen LogP contribution >= 0.6 is 11.6 Å². The Balaban J connectivity index is 1.77. The first kappa shape index (κ1) is 20.6. The molecule has 1 aliphatic heterocycles. The van der Waals surface area contributed by atoms with Crippen LogP contribution in [0.4, 0.5) is 0 Å². The van der Waals surface area contributed by atoms with Gasteiger partial charge in [-0.05, 0) is 25.1 Å². The maximum absolute atomic E-state index is 12.8. The van der Waals surface area contributed by atoms with E-state index >= 15 is 0 Å². The van der Waals surface area contributed by atoms with Crippen LogP contribution in [0.25, 0.3) is 0 Å². The summed E-state index contributed by atoms with van der Waals surface area (Å²) in [7, 11) is 3.80. The molecule has 1 aliphatic rings. The molecular weight excluding hydrogens is 374 g/mol. The molecular formula is C22H30ClN3O2+2. The summed E-state index contributed by atoms with van der Waals surface area (Å²) in [5.41, 5.74) is 2.97. The zero-order valence-electron chi connectivity index (χ0n) is 16.8. The van der Waals surface area contributed by atoms with Gasteiger partial charge >= 0.3 is 0 Å². The minimum atomic E-state index is -0.157. The van der Waals surface area contributed by atoms with E-state index in [2.05, 4.69) is 43.6 Å². The molecule has 3 N–H and O–H groups in total. The van der Waals surface area contributed by atoms with E-state index in [0.717, 1.165) is 26.2 Å². The molecule has 0 unspecified atom stereocenters. The molecule has 2 aromatic carbocycles. The van der Waals surface area contributed by atoms with E-state index in [-0.39, 0.29) is 11.9 Å². The number of rotatable bonds is 6. The second-order valence-electron chi connectivity index (χ2n) is 7.63. The molecule has 1 amide bonds.